The van der Waals surface area contributed by atoms with Gasteiger partial charge in [-0.05, 0) is 35.7 Å². The van der Waals surface area contributed by atoms with E-state index in [0.717, 1.165) is 4.88 Å². The molecule has 1 amide bonds. The summed E-state index contributed by atoms with van der Waals surface area (Å²) in [6.45, 7) is -0.446. The number of aromatic nitrogens is 2. The first-order valence-corrected chi connectivity index (χ1v) is 10.3. The van der Waals surface area contributed by atoms with Gasteiger partial charge in [-0.2, -0.15) is 5.10 Å². The summed E-state index contributed by atoms with van der Waals surface area (Å²) in [7, 11) is 0. The number of anilines is 1. The van der Waals surface area contributed by atoms with Crippen LogP contribution in [-0.2, 0) is 9.53 Å². The topological polar surface area (TPSA) is 73.2 Å². The fourth-order valence-corrected chi connectivity index (χ4v) is 3.66. The number of carbonyl (C=O) groups excluding carboxylic acids is 2. The lowest BCUT2D eigenvalue weighted by molar-refractivity contribution is -0.119. The van der Waals surface area contributed by atoms with Gasteiger partial charge < -0.3 is 10.1 Å². The molecule has 8 heteroatoms. The fourth-order valence-electron chi connectivity index (χ4n) is 2.79. The molecule has 0 aliphatic heterocycles. The first-order chi connectivity index (χ1) is 14.6. The zero-order valence-electron chi connectivity index (χ0n) is 15.6. The molecule has 0 radical (unpaired) electrons. The third-order valence-electron chi connectivity index (χ3n) is 4.18. The highest BCUT2D eigenvalue weighted by Gasteiger charge is 2.20. The number of rotatable bonds is 6. The highest BCUT2D eigenvalue weighted by molar-refractivity contribution is 7.13. The summed E-state index contributed by atoms with van der Waals surface area (Å²) in [4.78, 5) is 25.9. The maximum Gasteiger partial charge on any atom is 0.357 e. The lowest BCUT2D eigenvalue weighted by atomic mass is 10.3. The maximum absolute atomic E-state index is 12.8. The quantitative estimate of drug-likeness (QED) is 0.428. The number of ether oxygens (including phenoxy) is 1. The Labute approximate surface area is 181 Å². The lowest BCUT2D eigenvalue weighted by Crippen LogP contribution is -2.22. The van der Waals surface area contributed by atoms with Crippen molar-refractivity contribution >= 4 is 40.5 Å². The fraction of sp³-hybridized carbons (Fsp3) is 0.0455. The molecule has 4 rings (SSSR count). The molecule has 6 nitrogen and oxygen atoms in total. The maximum atomic E-state index is 12.8. The SMILES string of the molecule is O=C(COC(=O)c1cc(-c2cccs2)nn1-c1ccccc1)Nc1ccccc1Cl. The summed E-state index contributed by atoms with van der Waals surface area (Å²) in [5.41, 5.74) is 2.05. The normalized spacial score (nSPS) is 10.6. The molecule has 30 heavy (non-hydrogen) atoms. The zero-order chi connectivity index (χ0) is 20.9. The van der Waals surface area contributed by atoms with Crippen molar-refractivity contribution in [1.29, 1.82) is 0 Å². The van der Waals surface area contributed by atoms with Crippen molar-refractivity contribution in [1.82, 2.24) is 9.78 Å². The van der Waals surface area contributed by atoms with Crippen LogP contribution in [0.5, 0.6) is 0 Å². The van der Waals surface area contributed by atoms with Gasteiger partial charge in [-0.3, -0.25) is 4.79 Å². The molecule has 0 saturated carbocycles. The number of amides is 1. The monoisotopic (exact) mass is 437 g/mol. The summed E-state index contributed by atoms with van der Waals surface area (Å²) in [5, 5.41) is 9.52. The Bertz CT molecular complexity index is 1170. The first-order valence-electron chi connectivity index (χ1n) is 9.02. The van der Waals surface area contributed by atoms with Crippen molar-refractivity contribution in [3.05, 3.63) is 88.9 Å². The van der Waals surface area contributed by atoms with Gasteiger partial charge >= 0.3 is 5.97 Å². The Balaban J connectivity index is 1.53. The minimum Gasteiger partial charge on any atom is -0.451 e. The standard InChI is InChI=1S/C22H16ClN3O3S/c23-16-9-4-5-10-17(16)24-21(27)14-29-22(28)19-13-18(20-11-6-12-30-20)25-26(19)15-7-2-1-3-8-15/h1-13H,14H2,(H,24,27). The summed E-state index contributed by atoms with van der Waals surface area (Å²) in [6, 6.07) is 21.6. The predicted octanol–water partition coefficient (Wildman–Crippen LogP) is 5.05. The van der Waals surface area contributed by atoms with Crippen molar-refractivity contribution in [2.45, 2.75) is 0 Å². The Morgan fingerprint density at radius 2 is 1.80 bits per heavy atom. The zero-order valence-corrected chi connectivity index (χ0v) is 17.2. The average Bonchev–Trinajstić information content (AvgIpc) is 3.44. The van der Waals surface area contributed by atoms with Gasteiger partial charge in [-0.1, -0.05) is 48.0 Å². The number of carbonyl (C=O) groups is 2. The van der Waals surface area contributed by atoms with Gasteiger partial charge in [0.1, 0.15) is 5.69 Å². The number of nitrogens with zero attached hydrogens (tertiary/aromatic N) is 2. The minimum atomic E-state index is -0.650. The molecular weight excluding hydrogens is 422 g/mol. The molecule has 2 heterocycles. The third-order valence-corrected chi connectivity index (χ3v) is 5.40. The van der Waals surface area contributed by atoms with Crippen LogP contribution in [0.3, 0.4) is 0 Å². The summed E-state index contributed by atoms with van der Waals surface area (Å²) < 4.78 is 6.76. The Hall–Kier alpha value is -3.42. The number of benzene rings is 2. The number of halogens is 1. The van der Waals surface area contributed by atoms with Crippen LogP contribution >= 0.6 is 22.9 Å². The number of hydrogen-bond donors (Lipinski definition) is 1. The molecule has 1 N–H and O–H groups in total. The first kappa shape index (κ1) is 19.9. The van der Waals surface area contributed by atoms with E-state index in [4.69, 9.17) is 16.3 Å². The van der Waals surface area contributed by atoms with Crippen molar-refractivity contribution in [3.63, 3.8) is 0 Å². The van der Waals surface area contributed by atoms with E-state index in [0.29, 0.717) is 22.1 Å². The molecule has 0 unspecified atom stereocenters. The highest BCUT2D eigenvalue weighted by Crippen LogP contribution is 2.26. The van der Waals surface area contributed by atoms with Crippen LogP contribution in [0, 0.1) is 0 Å². The second-order valence-electron chi connectivity index (χ2n) is 6.24. The van der Waals surface area contributed by atoms with Crippen LogP contribution in [0.4, 0.5) is 5.69 Å². The molecule has 0 fully saturated rings. The van der Waals surface area contributed by atoms with Crippen molar-refractivity contribution in [2.75, 3.05) is 11.9 Å². The highest BCUT2D eigenvalue weighted by atomic mass is 35.5. The summed E-state index contributed by atoms with van der Waals surface area (Å²) in [5.74, 6) is -1.14. The molecule has 4 aromatic rings. The largest absolute Gasteiger partial charge is 0.451 e. The van der Waals surface area contributed by atoms with Gasteiger partial charge in [-0.15, -0.1) is 11.3 Å². The van der Waals surface area contributed by atoms with Gasteiger partial charge in [0.15, 0.2) is 12.3 Å². The second-order valence-corrected chi connectivity index (χ2v) is 7.60. The molecule has 0 aliphatic carbocycles. The van der Waals surface area contributed by atoms with Crippen LogP contribution in [0.2, 0.25) is 5.02 Å². The number of para-hydroxylation sites is 2. The predicted molar refractivity (Wildman–Crippen MR) is 117 cm³/mol. The van der Waals surface area contributed by atoms with E-state index >= 15 is 0 Å². The molecule has 150 valence electrons. The molecule has 0 atom stereocenters. The van der Waals surface area contributed by atoms with E-state index < -0.39 is 18.5 Å². The number of esters is 1. The van der Waals surface area contributed by atoms with Crippen LogP contribution in [0.15, 0.2) is 78.2 Å². The van der Waals surface area contributed by atoms with Gasteiger partial charge in [0.05, 0.1) is 21.3 Å². The Kier molecular flexibility index (Phi) is 5.92. The van der Waals surface area contributed by atoms with E-state index in [1.165, 1.54) is 16.0 Å². The molecule has 0 spiro atoms. The summed E-state index contributed by atoms with van der Waals surface area (Å²) in [6.07, 6.45) is 0. The van der Waals surface area contributed by atoms with Gasteiger partial charge in [0.25, 0.3) is 5.91 Å². The molecule has 0 bridgehead atoms. The van der Waals surface area contributed by atoms with Crippen LogP contribution in [-0.4, -0.2) is 28.3 Å². The molecular formula is C22H16ClN3O3S. The number of thiophene rings is 1. The smallest absolute Gasteiger partial charge is 0.357 e. The third kappa shape index (κ3) is 4.42. The van der Waals surface area contributed by atoms with Crippen molar-refractivity contribution in [2.24, 2.45) is 0 Å². The van der Waals surface area contributed by atoms with Crippen LogP contribution in [0.1, 0.15) is 10.5 Å². The van der Waals surface area contributed by atoms with Crippen molar-refractivity contribution in [3.8, 4) is 16.3 Å². The van der Waals surface area contributed by atoms with E-state index in [-0.39, 0.29) is 5.69 Å². The molecule has 2 aromatic heterocycles. The molecule has 2 aromatic carbocycles. The Morgan fingerprint density at radius 3 is 2.53 bits per heavy atom. The summed E-state index contributed by atoms with van der Waals surface area (Å²) >= 11 is 7.56. The van der Waals surface area contributed by atoms with E-state index in [1.54, 1.807) is 30.3 Å². The van der Waals surface area contributed by atoms with E-state index in [9.17, 15) is 9.59 Å². The minimum absolute atomic E-state index is 0.232. The van der Waals surface area contributed by atoms with Gasteiger partial charge in [-0.25, -0.2) is 9.48 Å². The van der Waals surface area contributed by atoms with Crippen LogP contribution in [0.25, 0.3) is 16.3 Å². The van der Waals surface area contributed by atoms with E-state index in [2.05, 4.69) is 10.4 Å². The Morgan fingerprint density at radius 1 is 1.03 bits per heavy atom. The van der Waals surface area contributed by atoms with Gasteiger partial charge in [0, 0.05) is 6.07 Å². The lowest BCUT2D eigenvalue weighted by Gasteiger charge is -2.09. The molecule has 0 aliphatic rings. The van der Waals surface area contributed by atoms with Gasteiger partial charge in [0.2, 0.25) is 0 Å². The average molecular weight is 438 g/mol. The molecule has 0 saturated heterocycles. The van der Waals surface area contributed by atoms with E-state index in [1.807, 2.05) is 47.8 Å². The van der Waals surface area contributed by atoms with Crippen LogP contribution < -0.4 is 5.32 Å². The van der Waals surface area contributed by atoms with Crippen molar-refractivity contribution < 1.29 is 14.3 Å². The number of nitrogens with one attached hydrogen (secondary N) is 1. The second kappa shape index (κ2) is 8.94. The number of hydrogen-bond acceptors (Lipinski definition) is 5.